The summed E-state index contributed by atoms with van der Waals surface area (Å²) in [5.74, 6) is -0.408. The Balaban J connectivity index is 2.49. The first-order valence-corrected chi connectivity index (χ1v) is 4.34. The monoisotopic (exact) mass is 177 g/mol. The van der Waals surface area contributed by atoms with Gasteiger partial charge in [-0.1, -0.05) is 0 Å². The normalized spacial score (nSPS) is 47.8. The maximum Gasteiger partial charge on any atom is 0.188 e. The first-order chi connectivity index (χ1) is 6.00. The lowest BCUT2D eigenvalue weighted by Crippen LogP contribution is -2.43. The van der Waals surface area contributed by atoms with Gasteiger partial charge in [-0.3, -0.25) is 4.79 Å². The van der Waals surface area contributed by atoms with E-state index in [0.29, 0.717) is 6.42 Å². The Labute approximate surface area is 77.0 Å². The standard InChI is InChI=1S/C10H11NO2/c1-9-4-3-8(12)10(2,13-9)7(5-9)6-11/h3-4,7H,5H2,1-2H3/t7?,9-,10-/m0/s1. The fraction of sp³-hybridized carbons (Fsp3) is 0.600. The minimum absolute atomic E-state index is 0.0889. The summed E-state index contributed by atoms with van der Waals surface area (Å²) < 4.78 is 5.63. The molecule has 0 aliphatic carbocycles. The van der Waals surface area contributed by atoms with Gasteiger partial charge in [0.2, 0.25) is 0 Å². The molecular weight excluding hydrogens is 166 g/mol. The number of carbonyl (C=O) groups is 1. The summed E-state index contributed by atoms with van der Waals surface area (Å²) >= 11 is 0. The van der Waals surface area contributed by atoms with Crippen molar-refractivity contribution in [2.75, 3.05) is 0 Å². The van der Waals surface area contributed by atoms with Crippen LogP contribution < -0.4 is 0 Å². The van der Waals surface area contributed by atoms with E-state index >= 15 is 0 Å². The fourth-order valence-electron chi connectivity index (χ4n) is 2.11. The molecule has 3 heteroatoms. The summed E-state index contributed by atoms with van der Waals surface area (Å²) in [4.78, 5) is 11.5. The van der Waals surface area contributed by atoms with Crippen molar-refractivity contribution in [3.8, 4) is 6.07 Å². The lowest BCUT2D eigenvalue weighted by Gasteiger charge is -2.30. The molecule has 1 saturated heterocycles. The van der Waals surface area contributed by atoms with E-state index in [-0.39, 0.29) is 11.7 Å². The van der Waals surface area contributed by atoms with E-state index in [2.05, 4.69) is 6.07 Å². The lowest BCUT2D eigenvalue weighted by molar-refractivity contribution is -0.144. The molecular formula is C10H11NO2. The predicted octanol–water partition coefficient (Wildman–Crippen LogP) is 1.20. The van der Waals surface area contributed by atoms with Crippen LogP contribution in [0.1, 0.15) is 20.3 Å². The Morgan fingerprint density at radius 2 is 2.38 bits per heavy atom. The fourth-order valence-corrected chi connectivity index (χ4v) is 2.11. The molecule has 0 spiro atoms. The average Bonchev–Trinajstić information content (AvgIpc) is 2.30. The van der Waals surface area contributed by atoms with Gasteiger partial charge in [0.25, 0.3) is 0 Å². The molecule has 2 aliphatic heterocycles. The second kappa shape index (κ2) is 2.21. The first kappa shape index (κ1) is 8.46. The summed E-state index contributed by atoms with van der Waals surface area (Å²) in [6, 6.07) is 2.15. The van der Waals surface area contributed by atoms with Crippen LogP contribution >= 0.6 is 0 Å². The van der Waals surface area contributed by atoms with Gasteiger partial charge in [0.15, 0.2) is 5.78 Å². The number of carbonyl (C=O) groups excluding carboxylic acids is 1. The summed E-state index contributed by atoms with van der Waals surface area (Å²) in [6.45, 7) is 3.61. The third kappa shape index (κ3) is 0.956. The topological polar surface area (TPSA) is 50.1 Å². The highest BCUT2D eigenvalue weighted by molar-refractivity contribution is 5.98. The van der Waals surface area contributed by atoms with Crippen LogP contribution in [0.5, 0.6) is 0 Å². The van der Waals surface area contributed by atoms with Gasteiger partial charge in [-0.25, -0.2) is 0 Å². The third-order valence-electron chi connectivity index (χ3n) is 2.95. The van der Waals surface area contributed by atoms with E-state index in [1.165, 1.54) is 0 Å². The zero-order valence-corrected chi connectivity index (χ0v) is 7.70. The maximum absolute atomic E-state index is 11.5. The van der Waals surface area contributed by atoms with Crippen LogP contribution in [0.2, 0.25) is 0 Å². The second-order valence-electron chi connectivity index (χ2n) is 4.11. The van der Waals surface area contributed by atoms with E-state index in [9.17, 15) is 4.79 Å². The summed E-state index contributed by atoms with van der Waals surface area (Å²) in [6.07, 6.45) is 3.91. The lowest BCUT2D eigenvalue weighted by atomic mass is 9.86. The molecule has 0 aromatic carbocycles. The van der Waals surface area contributed by atoms with Crippen LogP contribution in [-0.4, -0.2) is 17.0 Å². The summed E-state index contributed by atoms with van der Waals surface area (Å²) in [7, 11) is 0. The third-order valence-corrected chi connectivity index (χ3v) is 2.95. The highest BCUT2D eigenvalue weighted by Crippen LogP contribution is 2.46. The zero-order chi connectivity index (χ0) is 9.69. The number of ketones is 1. The van der Waals surface area contributed by atoms with Crippen molar-refractivity contribution in [2.45, 2.75) is 31.5 Å². The van der Waals surface area contributed by atoms with Gasteiger partial charge in [0.1, 0.15) is 5.60 Å². The van der Waals surface area contributed by atoms with Gasteiger partial charge in [-0.15, -0.1) is 0 Å². The molecule has 0 radical (unpaired) electrons. The van der Waals surface area contributed by atoms with Gasteiger partial charge in [-0.05, 0) is 32.4 Å². The Bertz CT molecular complexity index is 341. The van der Waals surface area contributed by atoms with Gasteiger partial charge in [0, 0.05) is 0 Å². The molecule has 2 heterocycles. The number of hydrogen-bond donors (Lipinski definition) is 0. The Morgan fingerprint density at radius 3 is 3.00 bits per heavy atom. The van der Waals surface area contributed by atoms with Crippen molar-refractivity contribution in [1.29, 1.82) is 5.26 Å². The predicted molar refractivity (Wildman–Crippen MR) is 45.8 cm³/mol. The molecule has 68 valence electrons. The average molecular weight is 177 g/mol. The largest absolute Gasteiger partial charge is 0.355 e. The van der Waals surface area contributed by atoms with Crippen LogP contribution in [0, 0.1) is 17.2 Å². The van der Waals surface area contributed by atoms with Crippen molar-refractivity contribution < 1.29 is 9.53 Å². The van der Waals surface area contributed by atoms with E-state index in [0.717, 1.165) is 0 Å². The second-order valence-corrected chi connectivity index (χ2v) is 4.11. The molecule has 0 aromatic rings. The van der Waals surface area contributed by atoms with Crippen LogP contribution in [0.4, 0.5) is 0 Å². The molecule has 2 bridgehead atoms. The molecule has 0 N–H and O–H groups in total. The first-order valence-electron chi connectivity index (χ1n) is 4.34. The molecule has 0 amide bonds. The van der Waals surface area contributed by atoms with Crippen molar-refractivity contribution in [2.24, 2.45) is 5.92 Å². The number of nitriles is 1. The van der Waals surface area contributed by atoms with Crippen molar-refractivity contribution >= 4 is 5.78 Å². The molecule has 2 aliphatic rings. The SMILES string of the molecule is C[C@@]12C=CC(=O)[C@@](C)(O1)C(C#N)C2. The smallest absolute Gasteiger partial charge is 0.188 e. The van der Waals surface area contributed by atoms with Gasteiger partial charge < -0.3 is 4.74 Å². The number of fused-ring (bicyclic) bond motifs is 2. The van der Waals surface area contributed by atoms with E-state index in [1.807, 2.05) is 6.92 Å². The minimum Gasteiger partial charge on any atom is -0.355 e. The number of rotatable bonds is 0. The molecule has 13 heavy (non-hydrogen) atoms. The van der Waals surface area contributed by atoms with Crippen molar-refractivity contribution in [1.82, 2.24) is 0 Å². The molecule has 2 rings (SSSR count). The summed E-state index contributed by atoms with van der Waals surface area (Å²) in [5, 5.41) is 8.90. The van der Waals surface area contributed by atoms with Crippen LogP contribution in [0.3, 0.4) is 0 Å². The Morgan fingerprint density at radius 1 is 1.69 bits per heavy atom. The molecule has 0 aromatic heterocycles. The van der Waals surface area contributed by atoms with Crippen molar-refractivity contribution in [3.05, 3.63) is 12.2 Å². The van der Waals surface area contributed by atoms with Crippen LogP contribution in [0.15, 0.2) is 12.2 Å². The van der Waals surface area contributed by atoms with E-state index in [1.54, 1.807) is 19.1 Å². The number of ether oxygens (including phenoxy) is 1. The molecule has 0 saturated carbocycles. The molecule has 3 nitrogen and oxygen atoms in total. The zero-order valence-electron chi connectivity index (χ0n) is 7.70. The van der Waals surface area contributed by atoms with Crippen LogP contribution in [-0.2, 0) is 9.53 Å². The molecule has 1 unspecified atom stereocenters. The molecule has 1 fully saturated rings. The minimum atomic E-state index is -0.905. The molecule has 3 atom stereocenters. The highest BCUT2D eigenvalue weighted by Gasteiger charge is 2.56. The Hall–Kier alpha value is -1.14. The van der Waals surface area contributed by atoms with Gasteiger partial charge in [-0.2, -0.15) is 5.26 Å². The quantitative estimate of drug-likeness (QED) is 0.558. The number of nitrogens with zero attached hydrogens (tertiary/aromatic N) is 1. The van der Waals surface area contributed by atoms with Gasteiger partial charge >= 0.3 is 0 Å². The van der Waals surface area contributed by atoms with Crippen molar-refractivity contribution in [3.63, 3.8) is 0 Å². The Kier molecular flexibility index (Phi) is 1.44. The van der Waals surface area contributed by atoms with E-state index in [4.69, 9.17) is 10.00 Å². The van der Waals surface area contributed by atoms with Crippen LogP contribution in [0.25, 0.3) is 0 Å². The van der Waals surface area contributed by atoms with Gasteiger partial charge in [0.05, 0.1) is 17.6 Å². The number of hydrogen-bond acceptors (Lipinski definition) is 3. The van der Waals surface area contributed by atoms with E-state index < -0.39 is 11.2 Å². The summed E-state index contributed by atoms with van der Waals surface area (Å²) in [5.41, 5.74) is -1.32. The highest BCUT2D eigenvalue weighted by atomic mass is 16.5. The maximum atomic E-state index is 11.5.